The van der Waals surface area contributed by atoms with Crippen LogP contribution >= 0.6 is 0 Å². The van der Waals surface area contributed by atoms with Gasteiger partial charge in [0.2, 0.25) is 0 Å². The minimum absolute atomic E-state index is 0.427. The maximum absolute atomic E-state index is 9.36. The van der Waals surface area contributed by atoms with Gasteiger partial charge in [-0.2, -0.15) is 0 Å². The van der Waals surface area contributed by atoms with Crippen LogP contribution in [0.25, 0.3) is 0 Å². The van der Waals surface area contributed by atoms with Crippen LogP contribution in [0.5, 0.6) is 0 Å². The fraction of sp³-hybridized carbons (Fsp3) is 1.00. The Kier molecular flexibility index (Phi) is 3.03. The molecule has 72 valence electrons. The lowest BCUT2D eigenvalue weighted by atomic mass is 10.00. The molecule has 0 aromatic rings. The molecule has 12 heavy (non-hydrogen) atoms. The number of aliphatic hydroxyl groups excluding tert-OH is 3. The Morgan fingerprint density at radius 1 is 1.17 bits per heavy atom. The van der Waals surface area contributed by atoms with Crippen molar-refractivity contribution in [3.63, 3.8) is 0 Å². The molecular weight excluding hydrogens is 164 g/mol. The van der Waals surface area contributed by atoms with E-state index >= 15 is 0 Å². The van der Waals surface area contributed by atoms with Gasteiger partial charge in [-0.05, 0) is 6.92 Å². The van der Waals surface area contributed by atoms with Crippen LogP contribution in [-0.4, -0.2) is 53.1 Å². The number of methoxy groups -OCH3 is 1. The largest absolute Gasteiger partial charge is 0.387 e. The van der Waals surface area contributed by atoms with E-state index in [0.717, 1.165) is 0 Å². The van der Waals surface area contributed by atoms with Crippen molar-refractivity contribution < 1.29 is 24.8 Å². The van der Waals surface area contributed by atoms with Gasteiger partial charge in [0.25, 0.3) is 0 Å². The van der Waals surface area contributed by atoms with Gasteiger partial charge in [-0.3, -0.25) is 0 Å². The maximum Gasteiger partial charge on any atom is 0.183 e. The summed E-state index contributed by atoms with van der Waals surface area (Å²) in [5.41, 5.74) is 0. The summed E-state index contributed by atoms with van der Waals surface area (Å²) in [4.78, 5) is 0. The Morgan fingerprint density at radius 2 is 1.75 bits per heavy atom. The molecule has 3 N–H and O–H groups in total. The zero-order chi connectivity index (χ0) is 9.30. The molecule has 0 aromatic carbocycles. The molecule has 0 amide bonds. The SMILES string of the molecule is CO[C@@H]1[C@@H](O)[C@H](O)[C@H](O)O[C@H]1C. The first kappa shape index (κ1) is 9.88. The summed E-state index contributed by atoms with van der Waals surface area (Å²) < 4.78 is 9.78. The molecule has 0 aromatic heterocycles. The average molecular weight is 178 g/mol. The van der Waals surface area contributed by atoms with Gasteiger partial charge in [-0.25, -0.2) is 0 Å². The third-order valence-electron chi connectivity index (χ3n) is 2.07. The summed E-state index contributed by atoms with van der Waals surface area (Å²) in [5.74, 6) is 0. The molecule has 1 rings (SSSR count). The van der Waals surface area contributed by atoms with Crippen molar-refractivity contribution in [2.24, 2.45) is 0 Å². The lowest BCUT2D eigenvalue weighted by Gasteiger charge is -2.38. The zero-order valence-electron chi connectivity index (χ0n) is 7.04. The van der Waals surface area contributed by atoms with Crippen LogP contribution in [0.2, 0.25) is 0 Å². The summed E-state index contributed by atoms with van der Waals surface area (Å²) in [5, 5.41) is 27.6. The fourth-order valence-electron chi connectivity index (χ4n) is 1.35. The summed E-state index contributed by atoms with van der Waals surface area (Å²) in [6.07, 6.45) is -4.76. The minimum atomic E-state index is -1.33. The van der Waals surface area contributed by atoms with E-state index in [2.05, 4.69) is 0 Å². The Bertz CT molecular complexity index is 151. The Labute approximate surface area is 70.5 Å². The second-order valence-electron chi connectivity index (χ2n) is 2.91. The van der Waals surface area contributed by atoms with Gasteiger partial charge in [0.15, 0.2) is 6.29 Å². The van der Waals surface area contributed by atoms with Gasteiger partial charge in [0.1, 0.15) is 18.3 Å². The van der Waals surface area contributed by atoms with Crippen LogP contribution in [0.1, 0.15) is 6.92 Å². The molecular formula is C7H14O5. The van der Waals surface area contributed by atoms with Crippen LogP contribution < -0.4 is 0 Å². The van der Waals surface area contributed by atoms with Gasteiger partial charge in [-0.15, -0.1) is 0 Å². The Morgan fingerprint density at radius 3 is 2.25 bits per heavy atom. The first-order valence-corrected chi connectivity index (χ1v) is 3.80. The number of hydrogen-bond donors (Lipinski definition) is 3. The normalized spacial score (nSPS) is 49.2. The average Bonchev–Trinajstić information content (AvgIpc) is 2.01. The molecule has 0 unspecified atom stereocenters. The Balaban J connectivity index is 2.65. The predicted molar refractivity (Wildman–Crippen MR) is 39.4 cm³/mol. The van der Waals surface area contributed by atoms with E-state index in [0.29, 0.717) is 0 Å². The van der Waals surface area contributed by atoms with Crippen molar-refractivity contribution in [1.29, 1.82) is 0 Å². The number of rotatable bonds is 1. The molecule has 0 spiro atoms. The third kappa shape index (κ3) is 1.60. The number of aliphatic hydroxyl groups is 3. The predicted octanol–water partition coefficient (Wildman–Crippen LogP) is -1.54. The lowest BCUT2D eigenvalue weighted by Crippen LogP contribution is -2.57. The highest BCUT2D eigenvalue weighted by Gasteiger charge is 2.41. The molecule has 1 fully saturated rings. The quantitative estimate of drug-likeness (QED) is 0.453. The first-order chi connectivity index (χ1) is 5.57. The molecule has 5 atom stereocenters. The van der Waals surface area contributed by atoms with E-state index in [9.17, 15) is 5.11 Å². The molecule has 0 aliphatic carbocycles. The van der Waals surface area contributed by atoms with Crippen molar-refractivity contribution >= 4 is 0 Å². The van der Waals surface area contributed by atoms with Crippen LogP contribution in [0.15, 0.2) is 0 Å². The van der Waals surface area contributed by atoms with Crippen LogP contribution in [0, 0.1) is 0 Å². The molecule has 5 nitrogen and oxygen atoms in total. The van der Waals surface area contributed by atoms with E-state index in [1.807, 2.05) is 0 Å². The van der Waals surface area contributed by atoms with Gasteiger partial charge in [0, 0.05) is 7.11 Å². The number of hydrogen-bond acceptors (Lipinski definition) is 5. The number of ether oxygens (including phenoxy) is 2. The molecule has 1 aliphatic heterocycles. The lowest BCUT2D eigenvalue weighted by molar-refractivity contribution is -0.281. The minimum Gasteiger partial charge on any atom is -0.387 e. The zero-order valence-corrected chi connectivity index (χ0v) is 7.04. The van der Waals surface area contributed by atoms with Crippen molar-refractivity contribution in [2.75, 3.05) is 7.11 Å². The highest BCUT2D eigenvalue weighted by atomic mass is 16.6. The topological polar surface area (TPSA) is 79.2 Å². The van der Waals surface area contributed by atoms with E-state index in [1.165, 1.54) is 7.11 Å². The summed E-state index contributed by atoms with van der Waals surface area (Å²) in [6, 6.07) is 0. The summed E-state index contributed by atoms with van der Waals surface area (Å²) in [7, 11) is 1.41. The van der Waals surface area contributed by atoms with Crippen LogP contribution in [-0.2, 0) is 9.47 Å². The summed E-state index contributed by atoms with van der Waals surface area (Å²) >= 11 is 0. The van der Waals surface area contributed by atoms with E-state index < -0.39 is 30.7 Å². The Hall–Kier alpha value is -0.200. The van der Waals surface area contributed by atoms with Crippen molar-refractivity contribution in [1.82, 2.24) is 0 Å². The third-order valence-corrected chi connectivity index (χ3v) is 2.07. The van der Waals surface area contributed by atoms with Crippen molar-refractivity contribution in [2.45, 2.75) is 37.6 Å². The van der Waals surface area contributed by atoms with Gasteiger partial charge >= 0.3 is 0 Å². The monoisotopic (exact) mass is 178 g/mol. The first-order valence-electron chi connectivity index (χ1n) is 3.80. The molecule has 5 heteroatoms. The second-order valence-corrected chi connectivity index (χ2v) is 2.91. The second kappa shape index (κ2) is 3.68. The highest BCUT2D eigenvalue weighted by molar-refractivity contribution is 4.87. The highest BCUT2D eigenvalue weighted by Crippen LogP contribution is 2.21. The van der Waals surface area contributed by atoms with Gasteiger partial charge in [-0.1, -0.05) is 0 Å². The van der Waals surface area contributed by atoms with Crippen molar-refractivity contribution in [3.8, 4) is 0 Å². The molecule has 1 heterocycles. The van der Waals surface area contributed by atoms with Crippen molar-refractivity contribution in [3.05, 3.63) is 0 Å². The van der Waals surface area contributed by atoms with Gasteiger partial charge in [0.05, 0.1) is 6.10 Å². The van der Waals surface area contributed by atoms with E-state index in [1.54, 1.807) is 6.92 Å². The maximum atomic E-state index is 9.36. The standard InChI is InChI=1S/C7H14O5/c1-3-6(11-2)4(8)5(9)7(10)12-3/h3-10H,1-2H3/t3-,4-,5-,6-,7+/m0/s1. The van der Waals surface area contributed by atoms with E-state index in [-0.39, 0.29) is 0 Å². The van der Waals surface area contributed by atoms with Crippen LogP contribution in [0.4, 0.5) is 0 Å². The van der Waals surface area contributed by atoms with Crippen LogP contribution in [0.3, 0.4) is 0 Å². The molecule has 0 saturated carbocycles. The molecule has 1 aliphatic rings. The fourth-order valence-corrected chi connectivity index (χ4v) is 1.35. The summed E-state index contributed by atoms with van der Waals surface area (Å²) in [6.45, 7) is 1.66. The van der Waals surface area contributed by atoms with E-state index in [4.69, 9.17) is 19.7 Å². The smallest absolute Gasteiger partial charge is 0.183 e. The molecule has 0 radical (unpaired) electrons. The van der Waals surface area contributed by atoms with Gasteiger partial charge < -0.3 is 24.8 Å². The molecule has 0 bridgehead atoms. The molecule has 1 saturated heterocycles.